The molecule has 5 rings (SSSR count). The summed E-state index contributed by atoms with van der Waals surface area (Å²) in [5.74, 6) is -0.157. The van der Waals surface area contributed by atoms with E-state index in [-0.39, 0.29) is 5.91 Å². The van der Waals surface area contributed by atoms with E-state index in [2.05, 4.69) is 27.8 Å². The third-order valence-electron chi connectivity index (χ3n) is 5.48. The molecule has 1 aliphatic carbocycles. The first-order chi connectivity index (χ1) is 14.2. The lowest BCUT2D eigenvalue weighted by Crippen LogP contribution is -2.15. The molecule has 4 N–H and O–H groups in total. The molecule has 1 amide bonds. The molecule has 1 aliphatic rings. The summed E-state index contributed by atoms with van der Waals surface area (Å²) in [7, 11) is 0. The molecule has 0 aliphatic heterocycles. The molecule has 6 heteroatoms. The first-order valence-electron chi connectivity index (χ1n) is 9.91. The fourth-order valence-corrected chi connectivity index (χ4v) is 5.99. The van der Waals surface area contributed by atoms with E-state index in [1.807, 2.05) is 30.3 Å². The molecule has 0 spiro atoms. The van der Waals surface area contributed by atoms with Crippen molar-refractivity contribution in [3.05, 3.63) is 64.0 Å². The molecule has 3 heterocycles. The molecule has 4 nitrogen and oxygen atoms in total. The Kier molecular flexibility index (Phi) is 4.81. The second kappa shape index (κ2) is 7.61. The first kappa shape index (κ1) is 18.3. The van der Waals surface area contributed by atoms with Crippen molar-refractivity contribution in [1.82, 2.24) is 0 Å². The summed E-state index contributed by atoms with van der Waals surface area (Å²) in [5, 5.41) is 6.07. The Labute approximate surface area is 177 Å². The van der Waals surface area contributed by atoms with Crippen LogP contribution in [0.25, 0.3) is 20.7 Å². The highest BCUT2D eigenvalue weighted by atomic mass is 32.1. The summed E-state index contributed by atoms with van der Waals surface area (Å²) < 4.78 is 0. The Morgan fingerprint density at radius 3 is 2.66 bits per heavy atom. The summed E-state index contributed by atoms with van der Waals surface area (Å²) in [5.41, 5.74) is 11.8. The van der Waals surface area contributed by atoms with Gasteiger partial charge in [0.1, 0.15) is 4.88 Å². The lowest BCUT2D eigenvalue weighted by Gasteiger charge is -2.09. The minimum absolute atomic E-state index is 0.157. The van der Waals surface area contributed by atoms with Gasteiger partial charge in [0.25, 0.3) is 10.7 Å². The SMILES string of the molecule is Nc1c(C(=O)Nc2ccccc2)sc2[nH+]c3c(c(-c4cccs4)c12)CCCCC3. The molecular formula is C23H22N3OS2+. The van der Waals surface area contributed by atoms with Gasteiger partial charge in [-0.25, -0.2) is 0 Å². The lowest BCUT2D eigenvalue weighted by molar-refractivity contribution is -0.355. The van der Waals surface area contributed by atoms with Gasteiger partial charge in [-0.05, 0) is 42.8 Å². The third-order valence-corrected chi connectivity index (χ3v) is 7.49. The molecule has 0 atom stereocenters. The number of hydrogen-bond donors (Lipinski definition) is 2. The van der Waals surface area contributed by atoms with E-state index >= 15 is 0 Å². The summed E-state index contributed by atoms with van der Waals surface area (Å²) >= 11 is 3.19. The van der Waals surface area contributed by atoms with Gasteiger partial charge in [0.05, 0.1) is 11.1 Å². The van der Waals surface area contributed by atoms with Crippen molar-refractivity contribution in [3.8, 4) is 10.4 Å². The van der Waals surface area contributed by atoms with Crippen LogP contribution < -0.4 is 16.0 Å². The van der Waals surface area contributed by atoms with Crippen LogP contribution in [0.1, 0.15) is 40.2 Å². The maximum atomic E-state index is 13.0. The van der Waals surface area contributed by atoms with Crippen LogP contribution in [0.2, 0.25) is 0 Å². The molecule has 29 heavy (non-hydrogen) atoms. The number of nitrogens with two attached hydrogens (primary N) is 1. The number of aromatic amines is 1. The summed E-state index contributed by atoms with van der Waals surface area (Å²) in [6.07, 6.45) is 5.74. The molecule has 0 saturated heterocycles. The summed E-state index contributed by atoms with van der Waals surface area (Å²) in [4.78, 5) is 19.4. The van der Waals surface area contributed by atoms with Gasteiger partial charge in [0, 0.05) is 28.1 Å². The number of para-hydroxylation sites is 1. The van der Waals surface area contributed by atoms with Gasteiger partial charge in [-0.1, -0.05) is 42.0 Å². The van der Waals surface area contributed by atoms with E-state index in [1.54, 1.807) is 11.3 Å². The molecule has 0 radical (unpaired) electrons. The number of H-pyrrole nitrogens is 1. The van der Waals surface area contributed by atoms with Crippen molar-refractivity contribution < 1.29 is 9.78 Å². The van der Waals surface area contributed by atoms with Crippen LogP contribution in [0.5, 0.6) is 0 Å². The Morgan fingerprint density at radius 2 is 1.86 bits per heavy atom. The number of thiophene rings is 2. The largest absolute Gasteiger partial charge is 0.397 e. The number of benzene rings is 1. The number of nitrogen functional groups attached to an aromatic ring is 1. The second-order valence-corrected chi connectivity index (χ2v) is 9.33. The Bertz CT molecular complexity index is 1180. The fraction of sp³-hybridized carbons (Fsp3) is 0.217. The van der Waals surface area contributed by atoms with E-state index < -0.39 is 0 Å². The maximum absolute atomic E-state index is 13.0. The van der Waals surface area contributed by atoms with Gasteiger partial charge >= 0.3 is 0 Å². The molecule has 0 unspecified atom stereocenters. The highest BCUT2D eigenvalue weighted by Gasteiger charge is 2.29. The Balaban J connectivity index is 1.68. The molecule has 3 aromatic heterocycles. The Hall–Kier alpha value is -2.70. The number of fused-ring (bicyclic) bond motifs is 2. The smallest absolute Gasteiger partial charge is 0.270 e. The van der Waals surface area contributed by atoms with Crippen LogP contribution in [-0.4, -0.2) is 5.91 Å². The number of nitrogens with one attached hydrogen (secondary N) is 2. The van der Waals surface area contributed by atoms with Crippen LogP contribution in [0, 0.1) is 0 Å². The van der Waals surface area contributed by atoms with Gasteiger partial charge in [0.15, 0.2) is 5.69 Å². The van der Waals surface area contributed by atoms with Gasteiger partial charge in [-0.3, -0.25) is 4.79 Å². The topological polar surface area (TPSA) is 69.3 Å². The number of carbonyl (C=O) groups excluding carboxylic acids is 1. The number of amides is 1. The number of anilines is 2. The molecule has 4 aromatic rings. The molecule has 1 aromatic carbocycles. The van der Waals surface area contributed by atoms with Gasteiger partial charge in [-0.2, -0.15) is 4.98 Å². The van der Waals surface area contributed by atoms with Crippen molar-refractivity contribution in [2.75, 3.05) is 11.1 Å². The average molecular weight is 421 g/mol. The predicted octanol–water partition coefficient (Wildman–Crippen LogP) is 5.55. The zero-order chi connectivity index (χ0) is 19.8. The van der Waals surface area contributed by atoms with E-state index in [9.17, 15) is 4.79 Å². The quantitative estimate of drug-likeness (QED) is 0.427. The number of aryl methyl sites for hydroxylation is 1. The van der Waals surface area contributed by atoms with Crippen molar-refractivity contribution in [1.29, 1.82) is 0 Å². The van der Waals surface area contributed by atoms with Crippen LogP contribution in [0.4, 0.5) is 11.4 Å². The van der Waals surface area contributed by atoms with Crippen molar-refractivity contribution in [2.45, 2.75) is 32.1 Å². The van der Waals surface area contributed by atoms with E-state index in [0.29, 0.717) is 10.6 Å². The zero-order valence-electron chi connectivity index (χ0n) is 16.0. The van der Waals surface area contributed by atoms with Crippen LogP contribution in [0.15, 0.2) is 47.8 Å². The summed E-state index contributed by atoms with van der Waals surface area (Å²) in [6, 6.07) is 13.7. The van der Waals surface area contributed by atoms with E-state index in [1.165, 1.54) is 52.3 Å². The van der Waals surface area contributed by atoms with Crippen molar-refractivity contribution in [2.24, 2.45) is 0 Å². The number of pyridine rings is 1. The van der Waals surface area contributed by atoms with Crippen LogP contribution in [0.3, 0.4) is 0 Å². The lowest BCUT2D eigenvalue weighted by atomic mass is 9.97. The normalized spacial score (nSPS) is 13.8. The molecule has 0 bridgehead atoms. The van der Waals surface area contributed by atoms with Crippen LogP contribution in [-0.2, 0) is 12.8 Å². The Morgan fingerprint density at radius 1 is 1.03 bits per heavy atom. The van der Waals surface area contributed by atoms with Gasteiger partial charge in [-0.15, -0.1) is 11.3 Å². The van der Waals surface area contributed by atoms with Gasteiger partial charge < -0.3 is 11.1 Å². The minimum Gasteiger partial charge on any atom is -0.397 e. The average Bonchev–Trinajstić information content (AvgIpc) is 3.30. The number of rotatable bonds is 3. The zero-order valence-corrected chi connectivity index (χ0v) is 17.6. The summed E-state index contributed by atoms with van der Waals surface area (Å²) in [6.45, 7) is 0. The van der Waals surface area contributed by atoms with E-state index in [4.69, 9.17) is 5.73 Å². The monoisotopic (exact) mass is 420 g/mol. The number of carbonyl (C=O) groups is 1. The fourth-order valence-electron chi connectivity index (χ4n) is 4.13. The molecule has 0 saturated carbocycles. The first-order valence-corrected chi connectivity index (χ1v) is 11.6. The van der Waals surface area contributed by atoms with Crippen LogP contribution >= 0.6 is 22.7 Å². The molecular weight excluding hydrogens is 398 g/mol. The second-order valence-electron chi connectivity index (χ2n) is 7.36. The third kappa shape index (κ3) is 3.32. The standard InChI is InChI=1S/C23H21N3OS2/c24-20-19-18(17-12-7-13-28-17)15-10-5-2-6-11-16(15)26-23(19)29-21(20)22(27)25-14-8-3-1-4-9-14/h1,3-4,7-9,12-13H,2,5-6,10-11,24H2,(H,25,27)/p+1. The number of aromatic nitrogens is 1. The predicted molar refractivity (Wildman–Crippen MR) is 122 cm³/mol. The van der Waals surface area contributed by atoms with Crippen molar-refractivity contribution >= 4 is 50.2 Å². The van der Waals surface area contributed by atoms with Crippen molar-refractivity contribution in [3.63, 3.8) is 0 Å². The molecule has 0 fully saturated rings. The van der Waals surface area contributed by atoms with Gasteiger partial charge in [0.2, 0.25) is 0 Å². The number of hydrogen-bond acceptors (Lipinski definition) is 4. The maximum Gasteiger partial charge on any atom is 0.270 e. The molecule has 146 valence electrons. The minimum atomic E-state index is -0.157. The highest BCUT2D eigenvalue weighted by Crippen LogP contribution is 2.43. The van der Waals surface area contributed by atoms with E-state index in [0.717, 1.165) is 28.7 Å². The highest BCUT2D eigenvalue weighted by molar-refractivity contribution is 7.21.